The number of carbonyl (C=O) groups is 2. The molecular weight excluding hydrogens is 417 g/mol. The number of carbonyl (C=O) groups excluding carboxylic acids is 2. The molecule has 2 amide bonds. The number of benzene rings is 1. The molecule has 1 aromatic heterocycles. The second kappa shape index (κ2) is 9.59. The van der Waals surface area contributed by atoms with E-state index >= 15 is 0 Å². The van der Waals surface area contributed by atoms with Crippen molar-refractivity contribution >= 4 is 28.8 Å². The van der Waals surface area contributed by atoms with Gasteiger partial charge < -0.3 is 15.5 Å². The number of nitrogens with zero attached hydrogens (tertiary/aromatic N) is 2. The monoisotopic (exact) mass is 440 g/mol. The van der Waals surface area contributed by atoms with Gasteiger partial charge in [0.15, 0.2) is 0 Å². The Labute approximate surface area is 176 Å². The maximum Gasteiger partial charge on any atom is 0.416 e. The molecule has 2 heterocycles. The second-order valence-corrected chi connectivity index (χ2v) is 7.93. The molecule has 0 radical (unpaired) electrons. The fourth-order valence-corrected chi connectivity index (χ4v) is 3.99. The Morgan fingerprint density at radius 1 is 1.13 bits per heavy atom. The van der Waals surface area contributed by atoms with Crippen molar-refractivity contribution in [1.82, 2.24) is 15.1 Å². The van der Waals surface area contributed by atoms with Crippen LogP contribution in [0.1, 0.15) is 17.2 Å². The maximum atomic E-state index is 12.8. The molecule has 30 heavy (non-hydrogen) atoms. The van der Waals surface area contributed by atoms with E-state index < -0.39 is 23.6 Å². The Kier molecular flexibility index (Phi) is 7.11. The summed E-state index contributed by atoms with van der Waals surface area (Å²) in [5.74, 6) is -1.89. The van der Waals surface area contributed by atoms with Gasteiger partial charge in [-0.05, 0) is 47.6 Å². The molecule has 2 N–H and O–H groups in total. The molecule has 0 spiro atoms. The molecule has 1 fully saturated rings. The summed E-state index contributed by atoms with van der Waals surface area (Å²) in [7, 11) is 2.05. The average molecular weight is 440 g/mol. The highest BCUT2D eigenvalue weighted by atomic mass is 32.1. The lowest BCUT2D eigenvalue weighted by molar-refractivity contribution is -0.137. The van der Waals surface area contributed by atoms with E-state index in [0.29, 0.717) is 0 Å². The van der Waals surface area contributed by atoms with Gasteiger partial charge >= 0.3 is 18.0 Å². The number of piperazine rings is 1. The number of nitrogens with one attached hydrogen (secondary N) is 2. The topological polar surface area (TPSA) is 64.7 Å². The molecule has 0 aliphatic carbocycles. The Hall–Kier alpha value is -2.43. The first-order valence-corrected chi connectivity index (χ1v) is 10.4. The van der Waals surface area contributed by atoms with E-state index in [1.165, 1.54) is 12.1 Å². The smallest absolute Gasteiger partial charge is 0.346 e. The van der Waals surface area contributed by atoms with Crippen molar-refractivity contribution in [2.75, 3.05) is 45.1 Å². The number of likely N-dealkylation sites (N-methyl/N-ethyl adjacent to an activating group) is 1. The Morgan fingerprint density at radius 3 is 2.50 bits per heavy atom. The van der Waals surface area contributed by atoms with Gasteiger partial charge in [0, 0.05) is 38.4 Å². The van der Waals surface area contributed by atoms with E-state index in [9.17, 15) is 22.8 Å². The maximum absolute atomic E-state index is 12.8. The number of alkyl halides is 3. The van der Waals surface area contributed by atoms with Crippen LogP contribution in [0.25, 0.3) is 0 Å². The first kappa shape index (κ1) is 22.3. The molecular formula is C20H23F3N4O2S. The number of amides is 2. The van der Waals surface area contributed by atoms with Crippen molar-refractivity contribution in [3.05, 3.63) is 52.2 Å². The Balaban J connectivity index is 1.60. The van der Waals surface area contributed by atoms with Crippen LogP contribution in [0, 0.1) is 0 Å². The molecule has 1 aliphatic rings. The molecule has 0 bridgehead atoms. The van der Waals surface area contributed by atoms with E-state index in [1.807, 2.05) is 16.8 Å². The number of rotatable bonds is 5. The van der Waals surface area contributed by atoms with Crippen molar-refractivity contribution in [1.29, 1.82) is 0 Å². The van der Waals surface area contributed by atoms with E-state index in [1.54, 1.807) is 11.3 Å². The number of hydrogen-bond acceptors (Lipinski definition) is 5. The minimum atomic E-state index is -4.53. The zero-order valence-electron chi connectivity index (χ0n) is 16.4. The lowest BCUT2D eigenvalue weighted by Gasteiger charge is -2.37. The molecule has 1 aromatic carbocycles. The van der Waals surface area contributed by atoms with Gasteiger partial charge in [0.1, 0.15) is 0 Å². The summed E-state index contributed by atoms with van der Waals surface area (Å²) in [6.45, 7) is 3.72. The van der Waals surface area contributed by atoms with Crippen LogP contribution in [0.2, 0.25) is 0 Å². The Morgan fingerprint density at radius 2 is 1.87 bits per heavy atom. The van der Waals surface area contributed by atoms with E-state index in [4.69, 9.17) is 0 Å². The summed E-state index contributed by atoms with van der Waals surface area (Å²) in [6, 6.07) is 6.09. The van der Waals surface area contributed by atoms with Crippen molar-refractivity contribution in [3.63, 3.8) is 0 Å². The SMILES string of the molecule is CN1CCN(C(CNC(=O)C(=O)Nc2cccc(C(F)(F)F)c2)c2ccsc2)CC1. The third-order valence-corrected chi connectivity index (χ3v) is 5.72. The predicted molar refractivity (Wildman–Crippen MR) is 109 cm³/mol. The van der Waals surface area contributed by atoms with Crippen molar-refractivity contribution < 1.29 is 22.8 Å². The molecule has 1 atom stereocenters. The molecule has 162 valence electrons. The van der Waals surface area contributed by atoms with Crippen molar-refractivity contribution in [2.45, 2.75) is 12.2 Å². The molecule has 6 nitrogen and oxygen atoms in total. The van der Waals surface area contributed by atoms with Crippen LogP contribution >= 0.6 is 11.3 Å². The van der Waals surface area contributed by atoms with Crippen LogP contribution < -0.4 is 10.6 Å². The molecule has 0 saturated carbocycles. The second-order valence-electron chi connectivity index (χ2n) is 7.15. The lowest BCUT2D eigenvalue weighted by Crippen LogP contribution is -2.49. The van der Waals surface area contributed by atoms with Crippen molar-refractivity contribution in [2.24, 2.45) is 0 Å². The van der Waals surface area contributed by atoms with Gasteiger partial charge in [-0.3, -0.25) is 14.5 Å². The molecule has 10 heteroatoms. The standard InChI is InChI=1S/C20H23F3N4O2S/c1-26-6-8-27(9-7-26)17(14-5-10-30-13-14)12-24-18(28)19(29)25-16-4-2-3-15(11-16)20(21,22)23/h2-5,10-11,13,17H,6-9,12H2,1H3,(H,24,28)(H,25,29). The summed E-state index contributed by atoms with van der Waals surface area (Å²) in [5.41, 5.74) is 0.0786. The fraction of sp³-hybridized carbons (Fsp3) is 0.400. The van der Waals surface area contributed by atoms with E-state index in [2.05, 4.69) is 27.5 Å². The highest BCUT2D eigenvalue weighted by molar-refractivity contribution is 7.08. The lowest BCUT2D eigenvalue weighted by atomic mass is 10.1. The normalized spacial score (nSPS) is 16.8. The van der Waals surface area contributed by atoms with Gasteiger partial charge in [-0.25, -0.2) is 0 Å². The van der Waals surface area contributed by atoms with Crippen LogP contribution in [-0.2, 0) is 15.8 Å². The van der Waals surface area contributed by atoms with Gasteiger partial charge in [0.25, 0.3) is 0 Å². The number of anilines is 1. The summed E-state index contributed by atoms with van der Waals surface area (Å²) in [5, 5.41) is 8.82. The third-order valence-electron chi connectivity index (χ3n) is 5.02. The molecule has 2 aromatic rings. The van der Waals surface area contributed by atoms with Gasteiger partial charge in [-0.1, -0.05) is 6.07 Å². The Bertz CT molecular complexity index is 865. The van der Waals surface area contributed by atoms with Gasteiger partial charge in [-0.2, -0.15) is 24.5 Å². The number of thiophene rings is 1. The molecule has 1 aliphatic heterocycles. The van der Waals surface area contributed by atoms with Crippen LogP contribution in [-0.4, -0.2) is 61.4 Å². The van der Waals surface area contributed by atoms with Crippen LogP contribution in [0.5, 0.6) is 0 Å². The summed E-state index contributed by atoms with van der Waals surface area (Å²) in [4.78, 5) is 28.9. The summed E-state index contributed by atoms with van der Waals surface area (Å²) < 4.78 is 38.4. The minimum absolute atomic E-state index is 0.0738. The van der Waals surface area contributed by atoms with E-state index in [0.717, 1.165) is 43.9 Å². The molecule has 3 rings (SSSR count). The van der Waals surface area contributed by atoms with E-state index in [-0.39, 0.29) is 18.3 Å². The first-order valence-electron chi connectivity index (χ1n) is 9.45. The minimum Gasteiger partial charge on any atom is -0.346 e. The first-order chi connectivity index (χ1) is 14.2. The molecule has 1 unspecified atom stereocenters. The average Bonchev–Trinajstić information content (AvgIpc) is 3.23. The molecule has 1 saturated heterocycles. The largest absolute Gasteiger partial charge is 0.416 e. The highest BCUT2D eigenvalue weighted by Crippen LogP contribution is 2.30. The number of halogens is 3. The van der Waals surface area contributed by atoms with Crippen LogP contribution in [0.15, 0.2) is 41.1 Å². The quantitative estimate of drug-likeness (QED) is 0.702. The van der Waals surface area contributed by atoms with Gasteiger partial charge in [0.05, 0.1) is 11.6 Å². The highest BCUT2D eigenvalue weighted by Gasteiger charge is 2.31. The summed E-state index contributed by atoms with van der Waals surface area (Å²) >= 11 is 1.56. The van der Waals surface area contributed by atoms with Crippen LogP contribution in [0.3, 0.4) is 0 Å². The van der Waals surface area contributed by atoms with Crippen molar-refractivity contribution in [3.8, 4) is 0 Å². The number of hydrogen-bond donors (Lipinski definition) is 2. The third kappa shape index (κ3) is 5.80. The van der Waals surface area contributed by atoms with Crippen LogP contribution in [0.4, 0.5) is 18.9 Å². The fourth-order valence-electron chi connectivity index (χ4n) is 3.29. The van der Waals surface area contributed by atoms with Gasteiger partial charge in [0.2, 0.25) is 0 Å². The zero-order chi connectivity index (χ0) is 21.7. The predicted octanol–water partition coefficient (Wildman–Crippen LogP) is 2.81. The summed E-state index contributed by atoms with van der Waals surface area (Å²) in [6.07, 6.45) is -4.53. The van der Waals surface area contributed by atoms with Gasteiger partial charge in [-0.15, -0.1) is 0 Å². The zero-order valence-corrected chi connectivity index (χ0v) is 17.2.